The number of rotatable bonds is 5. The van der Waals surface area contributed by atoms with Crippen LogP contribution in [-0.4, -0.2) is 16.3 Å². The highest BCUT2D eigenvalue weighted by molar-refractivity contribution is 6.88. The molecular weight excluding hydrogens is 481 g/mol. The Bertz CT molecular complexity index is 1130. The van der Waals surface area contributed by atoms with Gasteiger partial charge in [-0.15, -0.1) is 0 Å². The molecule has 0 aliphatic heterocycles. The predicted molar refractivity (Wildman–Crippen MR) is 141 cm³/mol. The van der Waals surface area contributed by atoms with Gasteiger partial charge in [0.25, 0.3) is 0 Å². The first-order valence-corrected chi connectivity index (χ1v) is 11.8. The third kappa shape index (κ3) is 6.33. The minimum Gasteiger partial charge on any atom is -0.338 e. The van der Waals surface area contributed by atoms with Crippen LogP contribution in [0.2, 0.25) is 26.4 Å². The number of halogens is 4. The Morgan fingerprint density at radius 2 is 1.41 bits per heavy atom. The maximum atomic E-state index is 6.26. The van der Waals surface area contributed by atoms with E-state index in [1.165, 1.54) is 0 Å². The number of benzene rings is 3. The molecule has 0 N–H and O–H groups in total. The molecule has 0 atom stereocenters. The smallest absolute Gasteiger partial charge is 0.212 e. The van der Waals surface area contributed by atoms with Crippen molar-refractivity contribution in [2.45, 2.75) is 19.7 Å². The molecule has 0 radical (unpaired) electrons. The Kier molecular flexibility index (Phi) is 9.13. The van der Waals surface area contributed by atoms with Crippen LogP contribution in [0, 0.1) is 0 Å². The summed E-state index contributed by atoms with van der Waals surface area (Å²) in [5.74, 6) is 0.985. The lowest BCUT2D eigenvalue weighted by Crippen LogP contribution is -2.42. The first kappa shape index (κ1) is 24.7. The molecule has 0 saturated heterocycles. The van der Waals surface area contributed by atoms with E-state index in [1.807, 2.05) is 66.3 Å². The molecule has 0 amide bonds. The molecule has 164 valence electrons. The normalized spacial score (nSPS) is 10.4. The summed E-state index contributed by atoms with van der Waals surface area (Å²) >= 11 is 24.4. The summed E-state index contributed by atoms with van der Waals surface area (Å²) in [5, 5.41) is 2.95. The third-order valence-corrected chi connectivity index (χ3v) is 6.53. The highest BCUT2D eigenvalue weighted by Crippen LogP contribution is 2.22. The zero-order valence-corrected chi connectivity index (χ0v) is 20.9. The number of aryl methyl sites for hydroxylation is 1. The zero-order chi connectivity index (χ0) is 23.1. The van der Waals surface area contributed by atoms with Crippen LogP contribution in [0.25, 0.3) is 0 Å². The summed E-state index contributed by atoms with van der Waals surface area (Å²) in [7, 11) is 1.96. The van der Waals surface area contributed by atoms with Crippen LogP contribution < -0.4 is 10.9 Å². The fourth-order valence-electron chi connectivity index (χ4n) is 3.52. The van der Waals surface area contributed by atoms with Crippen molar-refractivity contribution in [3.63, 3.8) is 0 Å². The number of imidazole rings is 1. The van der Waals surface area contributed by atoms with Gasteiger partial charge in [-0.1, -0.05) is 113 Å². The summed E-state index contributed by atoms with van der Waals surface area (Å²) < 4.78 is 1.98. The van der Waals surface area contributed by atoms with Crippen molar-refractivity contribution in [2.75, 3.05) is 0 Å². The molecule has 0 fully saturated rings. The first-order valence-electron chi connectivity index (χ1n) is 10.3. The highest BCUT2D eigenvalue weighted by atomic mass is 35.5. The van der Waals surface area contributed by atoms with Gasteiger partial charge in [0.05, 0.1) is 0 Å². The largest absolute Gasteiger partial charge is 0.338 e. The minimum absolute atomic E-state index is 0.261. The second-order valence-electron chi connectivity index (χ2n) is 7.37. The van der Waals surface area contributed by atoms with Gasteiger partial charge in [0, 0.05) is 46.0 Å². The molecular formula is C25H23BCl4N2. The van der Waals surface area contributed by atoms with E-state index in [0.29, 0.717) is 10.0 Å². The lowest BCUT2D eigenvalue weighted by Gasteiger charge is -2.15. The fourth-order valence-corrected chi connectivity index (χ4v) is 4.54. The van der Waals surface area contributed by atoms with Crippen molar-refractivity contribution < 1.29 is 0 Å². The fraction of sp³-hybridized carbons (Fsp3) is 0.160. The van der Waals surface area contributed by atoms with Crippen molar-refractivity contribution in [3.05, 3.63) is 111 Å². The second kappa shape index (κ2) is 11.8. The molecule has 0 saturated carbocycles. The van der Waals surface area contributed by atoms with Crippen molar-refractivity contribution in [2.24, 2.45) is 7.05 Å². The quantitative estimate of drug-likeness (QED) is 0.270. The van der Waals surface area contributed by atoms with Crippen molar-refractivity contribution in [1.82, 2.24) is 9.55 Å². The molecule has 0 unspecified atom stereocenters. The van der Waals surface area contributed by atoms with Crippen LogP contribution in [0.4, 0.5) is 0 Å². The molecule has 0 spiro atoms. The van der Waals surface area contributed by atoms with Crippen LogP contribution in [-0.2, 0) is 13.5 Å². The van der Waals surface area contributed by atoms with E-state index in [9.17, 15) is 0 Å². The Morgan fingerprint density at radius 3 is 1.88 bits per heavy atom. The average molecular weight is 504 g/mol. The molecule has 0 bridgehead atoms. The maximum Gasteiger partial charge on any atom is 0.212 e. The first-order chi connectivity index (χ1) is 15.4. The van der Waals surface area contributed by atoms with Gasteiger partial charge in [-0.2, -0.15) is 0 Å². The van der Waals surface area contributed by atoms with Crippen LogP contribution in [0.5, 0.6) is 0 Å². The SMILES string of the molecule is CCB(c1ccccc1Cl)c1ccccc1Cl.Cn1ccnc1Cc1ccc(Cl)cc1Cl. The zero-order valence-electron chi connectivity index (χ0n) is 17.9. The molecule has 4 aromatic rings. The lowest BCUT2D eigenvalue weighted by atomic mass is 9.39. The Hall–Kier alpha value is -1.91. The van der Waals surface area contributed by atoms with Crippen molar-refractivity contribution >= 4 is 64.0 Å². The lowest BCUT2D eigenvalue weighted by molar-refractivity contribution is 0.822. The van der Waals surface area contributed by atoms with Gasteiger partial charge in [0.15, 0.2) is 0 Å². The molecule has 1 aromatic heterocycles. The summed E-state index contributed by atoms with van der Waals surface area (Å²) in [5.41, 5.74) is 3.32. The predicted octanol–water partition coefficient (Wildman–Crippen LogP) is 6.94. The van der Waals surface area contributed by atoms with Crippen molar-refractivity contribution in [3.8, 4) is 0 Å². The molecule has 0 aliphatic rings. The average Bonchev–Trinajstić information content (AvgIpc) is 3.18. The molecule has 2 nitrogen and oxygen atoms in total. The topological polar surface area (TPSA) is 17.8 Å². The van der Waals surface area contributed by atoms with Crippen LogP contribution >= 0.6 is 46.4 Å². The van der Waals surface area contributed by atoms with E-state index < -0.39 is 0 Å². The van der Waals surface area contributed by atoms with Crippen LogP contribution in [0.15, 0.2) is 79.1 Å². The minimum atomic E-state index is 0.261. The third-order valence-electron chi connectivity index (χ3n) is 5.25. The van der Waals surface area contributed by atoms with E-state index in [4.69, 9.17) is 46.4 Å². The van der Waals surface area contributed by atoms with Gasteiger partial charge >= 0.3 is 0 Å². The maximum absolute atomic E-state index is 6.26. The van der Waals surface area contributed by atoms with Gasteiger partial charge < -0.3 is 4.57 Å². The number of aromatic nitrogens is 2. The number of hydrogen-bond acceptors (Lipinski definition) is 1. The molecule has 0 aliphatic carbocycles. The molecule has 32 heavy (non-hydrogen) atoms. The summed E-state index contributed by atoms with van der Waals surface area (Å²) in [6, 6.07) is 21.4. The monoisotopic (exact) mass is 502 g/mol. The Balaban J connectivity index is 0.000000182. The Labute approximate surface area is 210 Å². The molecule has 1 heterocycles. The number of nitrogens with zero attached hydrogens (tertiary/aromatic N) is 2. The van der Waals surface area contributed by atoms with Crippen LogP contribution in [0.1, 0.15) is 18.3 Å². The van der Waals surface area contributed by atoms with E-state index in [-0.39, 0.29) is 6.71 Å². The van der Waals surface area contributed by atoms with Crippen LogP contribution in [0.3, 0.4) is 0 Å². The molecule has 7 heteroatoms. The summed E-state index contributed by atoms with van der Waals surface area (Å²) in [4.78, 5) is 4.25. The van der Waals surface area contributed by atoms with Crippen molar-refractivity contribution in [1.29, 1.82) is 0 Å². The van der Waals surface area contributed by atoms with Gasteiger partial charge in [-0.3, -0.25) is 0 Å². The van der Waals surface area contributed by atoms with Gasteiger partial charge in [0.1, 0.15) is 5.82 Å². The van der Waals surface area contributed by atoms with Gasteiger partial charge in [0.2, 0.25) is 6.71 Å². The van der Waals surface area contributed by atoms with E-state index in [2.05, 4.69) is 24.0 Å². The second-order valence-corrected chi connectivity index (χ2v) is 9.03. The van der Waals surface area contributed by atoms with Gasteiger partial charge in [-0.25, -0.2) is 4.98 Å². The van der Waals surface area contributed by atoms with E-state index in [1.54, 1.807) is 12.3 Å². The Morgan fingerprint density at radius 1 is 0.812 bits per heavy atom. The van der Waals surface area contributed by atoms with E-state index >= 15 is 0 Å². The highest BCUT2D eigenvalue weighted by Gasteiger charge is 2.21. The molecule has 4 rings (SSSR count). The van der Waals surface area contributed by atoms with E-state index in [0.717, 1.165) is 45.1 Å². The number of hydrogen-bond donors (Lipinski definition) is 0. The molecule has 3 aromatic carbocycles. The summed E-state index contributed by atoms with van der Waals surface area (Å²) in [6.45, 7) is 2.41. The van der Waals surface area contributed by atoms with Gasteiger partial charge in [-0.05, 0) is 29.8 Å². The standard InChI is InChI=1S/C14H13BCl2.C11H10Cl2N2/c1-2-15(11-7-3-5-9-13(11)16)12-8-4-6-10-14(12)17;1-15-5-4-14-11(15)6-8-2-3-9(12)7-10(8)13/h3-10H,2H2,1H3;2-5,7H,6H2,1H3. The summed E-state index contributed by atoms with van der Waals surface area (Å²) in [6.07, 6.45) is 5.39.